The summed E-state index contributed by atoms with van der Waals surface area (Å²) in [5, 5.41) is 3.68. The van der Waals surface area contributed by atoms with E-state index < -0.39 is 0 Å². The minimum atomic E-state index is -0.0578. The van der Waals surface area contributed by atoms with Crippen molar-refractivity contribution in [1.29, 1.82) is 0 Å². The summed E-state index contributed by atoms with van der Waals surface area (Å²) in [4.78, 5) is 26.5. The minimum Gasteiger partial charge on any atom is -0.410 e. The largest absolute Gasteiger partial charge is 0.410 e. The van der Waals surface area contributed by atoms with E-state index in [2.05, 4.69) is 27.9 Å². The van der Waals surface area contributed by atoms with Gasteiger partial charge in [0.2, 0.25) is 5.91 Å². The van der Waals surface area contributed by atoms with Gasteiger partial charge in [-0.05, 0) is 18.7 Å². The molecule has 3 rings (SSSR count). The highest BCUT2D eigenvalue weighted by molar-refractivity contribution is 7.80. The molecule has 2 aromatic heterocycles. The normalized spacial score (nSPS) is 11.2. The highest BCUT2D eigenvalue weighted by atomic mass is 32.1. The van der Waals surface area contributed by atoms with Gasteiger partial charge < -0.3 is 20.6 Å². The first-order chi connectivity index (χ1) is 13.2. The third kappa shape index (κ3) is 4.25. The Morgan fingerprint density at radius 3 is 2.93 bits per heavy atom. The number of amides is 1. The number of ether oxygens (including phenoxy) is 1. The summed E-state index contributed by atoms with van der Waals surface area (Å²) in [7, 11) is 0. The number of imidazole rings is 1. The van der Waals surface area contributed by atoms with E-state index in [1.54, 1.807) is 4.73 Å². The Morgan fingerprint density at radius 1 is 1.33 bits per heavy atom. The van der Waals surface area contributed by atoms with E-state index in [0.717, 1.165) is 16.4 Å². The molecule has 3 aromatic rings. The van der Waals surface area contributed by atoms with Crippen LogP contribution in [-0.2, 0) is 16.1 Å². The van der Waals surface area contributed by atoms with Crippen molar-refractivity contribution < 1.29 is 14.4 Å². The quantitative estimate of drug-likeness (QED) is 0.379. The molecule has 0 saturated heterocycles. The second kappa shape index (κ2) is 8.92. The molecule has 0 fully saturated rings. The SMILES string of the molecule is CCOCc1nc2c(N)nc3ccccc3c2n1OCCNC(=O)CCS. The number of benzene rings is 1. The van der Waals surface area contributed by atoms with Crippen LogP contribution in [0.5, 0.6) is 0 Å². The number of anilines is 1. The number of nitrogens with two attached hydrogens (primary N) is 1. The van der Waals surface area contributed by atoms with Crippen LogP contribution in [0.25, 0.3) is 21.9 Å². The maximum absolute atomic E-state index is 11.6. The smallest absolute Gasteiger partial charge is 0.220 e. The number of para-hydroxylation sites is 1. The molecule has 0 aliphatic rings. The number of fused-ring (bicyclic) bond motifs is 3. The van der Waals surface area contributed by atoms with E-state index in [1.807, 2.05) is 31.2 Å². The molecule has 144 valence electrons. The zero-order valence-corrected chi connectivity index (χ0v) is 16.0. The molecule has 1 aromatic carbocycles. The van der Waals surface area contributed by atoms with Crippen LogP contribution < -0.4 is 15.9 Å². The zero-order chi connectivity index (χ0) is 19.2. The predicted molar refractivity (Wildman–Crippen MR) is 108 cm³/mol. The van der Waals surface area contributed by atoms with E-state index in [9.17, 15) is 4.79 Å². The summed E-state index contributed by atoms with van der Waals surface area (Å²) >= 11 is 4.05. The zero-order valence-electron chi connectivity index (χ0n) is 15.1. The predicted octanol–water partition coefficient (Wildman–Crippen LogP) is 1.57. The topological polar surface area (TPSA) is 104 Å². The standard InChI is InChI=1S/C18H23N5O3S/c1-2-25-11-14-22-16-17(12-5-3-4-6-13(12)21-18(16)19)23(14)26-9-8-20-15(24)7-10-27/h3-6,27H,2,7-11H2,1H3,(H2,19,21)(H,20,24). The molecule has 0 bridgehead atoms. The number of carbonyl (C=O) groups excluding carboxylic acids is 1. The number of pyridine rings is 1. The number of aromatic nitrogens is 3. The van der Waals surface area contributed by atoms with Crippen molar-refractivity contribution in [2.24, 2.45) is 0 Å². The van der Waals surface area contributed by atoms with Gasteiger partial charge in [0.1, 0.15) is 24.2 Å². The molecule has 0 aliphatic carbocycles. The number of hydrogen-bond donors (Lipinski definition) is 3. The van der Waals surface area contributed by atoms with E-state index >= 15 is 0 Å². The first kappa shape index (κ1) is 19.2. The van der Waals surface area contributed by atoms with Crippen LogP contribution in [0, 0.1) is 0 Å². The molecule has 0 unspecified atom stereocenters. The fourth-order valence-corrected chi connectivity index (χ4v) is 2.97. The molecule has 27 heavy (non-hydrogen) atoms. The number of nitrogens with zero attached hydrogens (tertiary/aromatic N) is 3. The fourth-order valence-electron chi connectivity index (χ4n) is 2.76. The lowest BCUT2D eigenvalue weighted by molar-refractivity contribution is -0.120. The molecule has 9 heteroatoms. The van der Waals surface area contributed by atoms with Gasteiger partial charge in [0, 0.05) is 18.4 Å². The van der Waals surface area contributed by atoms with Crippen LogP contribution in [-0.4, -0.2) is 46.1 Å². The average molecular weight is 389 g/mol. The van der Waals surface area contributed by atoms with Crippen LogP contribution in [0.3, 0.4) is 0 Å². The average Bonchev–Trinajstić information content (AvgIpc) is 3.03. The van der Waals surface area contributed by atoms with Crippen molar-refractivity contribution in [1.82, 2.24) is 20.0 Å². The lowest BCUT2D eigenvalue weighted by Crippen LogP contribution is -2.30. The summed E-state index contributed by atoms with van der Waals surface area (Å²) in [6, 6.07) is 7.67. The van der Waals surface area contributed by atoms with Gasteiger partial charge in [-0.3, -0.25) is 4.79 Å². The van der Waals surface area contributed by atoms with Gasteiger partial charge in [0.05, 0.1) is 12.1 Å². The number of nitrogens with one attached hydrogen (secondary N) is 1. The minimum absolute atomic E-state index is 0.0578. The van der Waals surface area contributed by atoms with Crippen LogP contribution >= 0.6 is 12.6 Å². The van der Waals surface area contributed by atoms with E-state index in [1.165, 1.54) is 0 Å². The molecule has 0 spiro atoms. The first-order valence-electron chi connectivity index (χ1n) is 8.79. The van der Waals surface area contributed by atoms with Gasteiger partial charge in [0.25, 0.3) is 0 Å². The third-order valence-electron chi connectivity index (χ3n) is 3.96. The van der Waals surface area contributed by atoms with E-state index in [-0.39, 0.29) is 19.1 Å². The second-order valence-electron chi connectivity index (χ2n) is 5.83. The Hall–Kier alpha value is -2.52. The van der Waals surface area contributed by atoms with Gasteiger partial charge in [-0.2, -0.15) is 17.4 Å². The van der Waals surface area contributed by atoms with Crippen molar-refractivity contribution in [3.8, 4) is 0 Å². The number of rotatable bonds is 9. The molecule has 0 atom stereocenters. The van der Waals surface area contributed by atoms with Crippen LogP contribution in [0.15, 0.2) is 24.3 Å². The second-order valence-corrected chi connectivity index (χ2v) is 6.27. The Bertz CT molecular complexity index is 944. The Morgan fingerprint density at radius 2 is 2.15 bits per heavy atom. The van der Waals surface area contributed by atoms with Crippen molar-refractivity contribution in [3.05, 3.63) is 30.1 Å². The van der Waals surface area contributed by atoms with E-state index in [4.69, 9.17) is 15.3 Å². The molecule has 8 nitrogen and oxygen atoms in total. The van der Waals surface area contributed by atoms with Crippen LogP contribution in [0.1, 0.15) is 19.2 Å². The molecule has 0 aliphatic heterocycles. The highest BCUT2D eigenvalue weighted by Gasteiger charge is 2.18. The monoisotopic (exact) mass is 389 g/mol. The van der Waals surface area contributed by atoms with Gasteiger partial charge in [0.15, 0.2) is 11.6 Å². The summed E-state index contributed by atoms with van der Waals surface area (Å²) in [5.41, 5.74) is 8.19. The summed E-state index contributed by atoms with van der Waals surface area (Å²) in [6.07, 6.45) is 0.375. The molecule has 1 amide bonds. The summed E-state index contributed by atoms with van der Waals surface area (Å²) in [6.45, 7) is 3.40. The first-order valence-corrected chi connectivity index (χ1v) is 9.43. The van der Waals surface area contributed by atoms with Crippen molar-refractivity contribution in [3.63, 3.8) is 0 Å². The number of carbonyl (C=O) groups is 1. The molecule has 2 heterocycles. The molecular formula is C18H23N5O3S. The fraction of sp³-hybridized carbons (Fsp3) is 0.389. The van der Waals surface area contributed by atoms with Gasteiger partial charge >= 0.3 is 0 Å². The number of thiol groups is 1. The highest BCUT2D eigenvalue weighted by Crippen LogP contribution is 2.28. The van der Waals surface area contributed by atoms with E-state index in [0.29, 0.717) is 42.5 Å². The Labute approximate surface area is 162 Å². The summed E-state index contributed by atoms with van der Waals surface area (Å²) < 4.78 is 7.15. The third-order valence-corrected chi connectivity index (χ3v) is 4.19. The van der Waals surface area contributed by atoms with Crippen molar-refractivity contribution in [2.45, 2.75) is 20.0 Å². The molecular weight excluding hydrogens is 366 g/mol. The van der Waals surface area contributed by atoms with Crippen LogP contribution in [0.2, 0.25) is 0 Å². The van der Waals surface area contributed by atoms with Crippen LogP contribution in [0.4, 0.5) is 5.82 Å². The van der Waals surface area contributed by atoms with Crippen molar-refractivity contribution >= 4 is 46.3 Å². The molecule has 0 radical (unpaired) electrons. The number of hydrogen-bond acceptors (Lipinski definition) is 7. The van der Waals surface area contributed by atoms with Gasteiger partial charge in [-0.15, -0.1) is 0 Å². The maximum atomic E-state index is 11.6. The Kier molecular flexibility index (Phi) is 6.36. The molecule has 0 saturated carbocycles. The summed E-state index contributed by atoms with van der Waals surface area (Å²) in [5.74, 6) is 1.39. The van der Waals surface area contributed by atoms with Crippen molar-refractivity contribution in [2.75, 3.05) is 31.2 Å². The van der Waals surface area contributed by atoms with Gasteiger partial charge in [-0.1, -0.05) is 18.2 Å². The Balaban J connectivity index is 1.93. The molecule has 3 N–H and O–H groups in total. The lowest BCUT2D eigenvalue weighted by Gasteiger charge is -2.12. The number of nitrogen functional groups attached to an aromatic ring is 1. The maximum Gasteiger partial charge on any atom is 0.220 e. The van der Waals surface area contributed by atoms with Gasteiger partial charge in [-0.25, -0.2) is 9.97 Å². The lowest BCUT2D eigenvalue weighted by atomic mass is 10.2.